The molecule has 0 aliphatic rings. The topological polar surface area (TPSA) is 145 Å². The zero-order valence-electron chi connectivity index (χ0n) is 10.6. The van der Waals surface area contributed by atoms with Gasteiger partial charge in [-0.2, -0.15) is 5.26 Å². The highest BCUT2D eigenvalue weighted by Crippen LogP contribution is 2.22. The zero-order chi connectivity index (χ0) is 16.0. The molecule has 1 atom stereocenters. The first-order valence-corrected chi connectivity index (χ1v) is 5.99. The first-order valence-electron chi connectivity index (χ1n) is 5.61. The van der Waals surface area contributed by atoms with E-state index >= 15 is 0 Å². The van der Waals surface area contributed by atoms with Crippen LogP contribution in [0.1, 0.15) is 12.0 Å². The molecule has 5 N–H and O–H groups in total. The van der Waals surface area contributed by atoms with E-state index in [9.17, 15) is 14.4 Å². The van der Waals surface area contributed by atoms with Crippen LogP contribution in [-0.2, 0) is 9.59 Å². The van der Waals surface area contributed by atoms with Crippen LogP contribution in [0.3, 0.4) is 0 Å². The Balaban J connectivity index is 2.79. The molecule has 0 fully saturated rings. The summed E-state index contributed by atoms with van der Waals surface area (Å²) in [5, 5.41) is 22.1. The Bertz CT molecular complexity index is 626. The maximum Gasteiger partial charge on any atom is 0.326 e. The number of nitrogens with two attached hydrogens (primary N) is 1. The minimum Gasteiger partial charge on any atom is -0.480 e. The predicted molar refractivity (Wildman–Crippen MR) is 73.6 cm³/mol. The van der Waals surface area contributed by atoms with Crippen LogP contribution in [0, 0.1) is 11.3 Å². The third-order valence-electron chi connectivity index (χ3n) is 2.35. The number of halogens is 1. The van der Waals surface area contributed by atoms with Crippen LogP contribution in [0.25, 0.3) is 0 Å². The number of benzene rings is 1. The second kappa shape index (κ2) is 7.12. The van der Waals surface area contributed by atoms with E-state index in [1.807, 2.05) is 6.07 Å². The van der Waals surface area contributed by atoms with Gasteiger partial charge in [0.05, 0.1) is 28.8 Å². The molecule has 0 radical (unpaired) electrons. The third kappa shape index (κ3) is 5.00. The maximum absolute atomic E-state index is 11.7. The molecule has 0 bridgehead atoms. The van der Waals surface area contributed by atoms with Crippen LogP contribution in [0.4, 0.5) is 10.5 Å². The van der Waals surface area contributed by atoms with E-state index in [1.54, 1.807) is 0 Å². The van der Waals surface area contributed by atoms with Gasteiger partial charge in [0, 0.05) is 0 Å². The molecule has 8 nitrogen and oxygen atoms in total. The summed E-state index contributed by atoms with van der Waals surface area (Å²) in [4.78, 5) is 33.3. The number of hydrogen-bond donors (Lipinski definition) is 4. The van der Waals surface area contributed by atoms with E-state index in [-0.39, 0.29) is 16.3 Å². The number of carbonyl (C=O) groups is 3. The summed E-state index contributed by atoms with van der Waals surface area (Å²) in [6.45, 7) is 0. The molecule has 0 saturated carbocycles. The van der Waals surface area contributed by atoms with Crippen molar-refractivity contribution in [2.75, 3.05) is 5.32 Å². The molecule has 0 aliphatic carbocycles. The normalized spacial score (nSPS) is 11.0. The van der Waals surface area contributed by atoms with Crippen molar-refractivity contribution in [1.29, 1.82) is 5.26 Å². The molecule has 1 rings (SSSR count). The van der Waals surface area contributed by atoms with Crippen molar-refractivity contribution in [1.82, 2.24) is 5.32 Å². The molecular formula is C12H11ClN4O4. The van der Waals surface area contributed by atoms with Gasteiger partial charge < -0.3 is 21.5 Å². The monoisotopic (exact) mass is 310 g/mol. The van der Waals surface area contributed by atoms with Crippen molar-refractivity contribution in [2.45, 2.75) is 12.5 Å². The van der Waals surface area contributed by atoms with Gasteiger partial charge in [-0.05, 0) is 18.2 Å². The Labute approximate surface area is 124 Å². The van der Waals surface area contributed by atoms with Crippen molar-refractivity contribution in [2.24, 2.45) is 5.73 Å². The van der Waals surface area contributed by atoms with E-state index in [0.717, 1.165) is 0 Å². The largest absolute Gasteiger partial charge is 0.480 e. The molecule has 1 unspecified atom stereocenters. The Hall–Kier alpha value is -2.79. The van der Waals surface area contributed by atoms with Crippen LogP contribution in [0.5, 0.6) is 0 Å². The van der Waals surface area contributed by atoms with E-state index in [4.69, 9.17) is 27.7 Å². The van der Waals surface area contributed by atoms with Crippen LogP contribution in [0.15, 0.2) is 18.2 Å². The Morgan fingerprint density at radius 3 is 2.62 bits per heavy atom. The van der Waals surface area contributed by atoms with Crippen molar-refractivity contribution in [3.05, 3.63) is 28.8 Å². The highest BCUT2D eigenvalue weighted by Gasteiger charge is 2.22. The number of rotatable bonds is 5. The van der Waals surface area contributed by atoms with Gasteiger partial charge in [0.2, 0.25) is 5.91 Å². The number of carboxylic acid groups (broad SMARTS) is 1. The minimum atomic E-state index is -1.46. The number of aliphatic carboxylic acids is 1. The number of urea groups is 1. The van der Waals surface area contributed by atoms with Gasteiger partial charge in [-0.25, -0.2) is 9.59 Å². The number of amides is 3. The summed E-state index contributed by atoms with van der Waals surface area (Å²) in [6, 6.07) is 3.71. The summed E-state index contributed by atoms with van der Waals surface area (Å²) in [7, 11) is 0. The molecular weight excluding hydrogens is 300 g/mol. The lowest BCUT2D eigenvalue weighted by atomic mass is 10.2. The fraction of sp³-hybridized carbons (Fsp3) is 0.167. The Morgan fingerprint density at radius 2 is 2.10 bits per heavy atom. The molecule has 0 aliphatic heterocycles. The molecule has 0 saturated heterocycles. The highest BCUT2D eigenvalue weighted by molar-refractivity contribution is 6.33. The van der Waals surface area contributed by atoms with Gasteiger partial charge >= 0.3 is 12.0 Å². The smallest absolute Gasteiger partial charge is 0.326 e. The van der Waals surface area contributed by atoms with Crippen molar-refractivity contribution < 1.29 is 19.5 Å². The summed E-state index contributed by atoms with van der Waals surface area (Å²) < 4.78 is 0. The molecule has 3 amide bonds. The number of nitrogens with one attached hydrogen (secondary N) is 2. The number of hydrogen-bond acceptors (Lipinski definition) is 4. The SMILES string of the molecule is N#Cc1ccc(Cl)c(NC(=O)NC(CC(N)=O)C(=O)O)c1. The van der Waals surface area contributed by atoms with E-state index in [0.29, 0.717) is 0 Å². The average molecular weight is 311 g/mol. The number of carbonyl (C=O) groups excluding carboxylic acids is 2. The number of carboxylic acids is 1. The second-order valence-corrected chi connectivity index (χ2v) is 4.37. The summed E-state index contributed by atoms with van der Waals surface area (Å²) in [5.41, 5.74) is 5.29. The summed E-state index contributed by atoms with van der Waals surface area (Å²) >= 11 is 5.84. The lowest BCUT2D eigenvalue weighted by Crippen LogP contribution is -2.45. The molecule has 9 heteroatoms. The van der Waals surface area contributed by atoms with Crippen LogP contribution in [0.2, 0.25) is 5.02 Å². The van der Waals surface area contributed by atoms with Crippen molar-refractivity contribution >= 4 is 35.2 Å². The summed E-state index contributed by atoms with van der Waals surface area (Å²) in [6.07, 6.45) is -0.547. The first-order chi connectivity index (χ1) is 9.83. The molecule has 0 spiro atoms. The summed E-state index contributed by atoms with van der Waals surface area (Å²) in [5.74, 6) is -2.27. The van der Waals surface area contributed by atoms with Gasteiger partial charge in [0.15, 0.2) is 0 Å². The number of anilines is 1. The Kier molecular flexibility index (Phi) is 5.51. The van der Waals surface area contributed by atoms with Gasteiger partial charge in [-0.3, -0.25) is 4.79 Å². The van der Waals surface area contributed by atoms with E-state index in [2.05, 4.69) is 10.6 Å². The fourth-order valence-electron chi connectivity index (χ4n) is 1.41. The minimum absolute atomic E-state index is 0.136. The standard InChI is InChI=1S/C12H11ClN4O4/c13-7-2-1-6(5-14)3-8(7)16-12(21)17-9(11(19)20)4-10(15)18/h1-3,9H,4H2,(H2,15,18)(H,19,20)(H2,16,17,21). The van der Waals surface area contributed by atoms with Gasteiger partial charge in [-0.1, -0.05) is 11.6 Å². The average Bonchev–Trinajstić information content (AvgIpc) is 2.39. The van der Waals surface area contributed by atoms with E-state index < -0.39 is 30.4 Å². The molecule has 0 aromatic heterocycles. The van der Waals surface area contributed by atoms with Gasteiger partial charge in [0.25, 0.3) is 0 Å². The maximum atomic E-state index is 11.7. The lowest BCUT2D eigenvalue weighted by molar-refractivity contribution is -0.140. The number of nitrogens with zero attached hydrogens (tertiary/aromatic N) is 1. The second-order valence-electron chi connectivity index (χ2n) is 3.97. The highest BCUT2D eigenvalue weighted by atomic mass is 35.5. The lowest BCUT2D eigenvalue weighted by Gasteiger charge is -2.14. The van der Waals surface area contributed by atoms with Crippen LogP contribution >= 0.6 is 11.6 Å². The fourth-order valence-corrected chi connectivity index (χ4v) is 1.57. The zero-order valence-corrected chi connectivity index (χ0v) is 11.3. The molecule has 21 heavy (non-hydrogen) atoms. The van der Waals surface area contributed by atoms with Crippen LogP contribution in [-0.4, -0.2) is 29.1 Å². The number of nitriles is 1. The third-order valence-corrected chi connectivity index (χ3v) is 2.68. The molecule has 110 valence electrons. The van der Waals surface area contributed by atoms with Gasteiger partial charge in [-0.15, -0.1) is 0 Å². The quantitative estimate of drug-likeness (QED) is 0.631. The molecule has 0 heterocycles. The Morgan fingerprint density at radius 1 is 1.43 bits per heavy atom. The molecule has 1 aromatic carbocycles. The first kappa shape index (κ1) is 16.3. The predicted octanol–water partition coefficient (Wildman–Crippen LogP) is 0.662. The van der Waals surface area contributed by atoms with Crippen molar-refractivity contribution in [3.63, 3.8) is 0 Å². The van der Waals surface area contributed by atoms with Crippen molar-refractivity contribution in [3.8, 4) is 6.07 Å². The van der Waals surface area contributed by atoms with E-state index in [1.165, 1.54) is 18.2 Å². The number of primary amides is 1. The van der Waals surface area contributed by atoms with Crippen LogP contribution < -0.4 is 16.4 Å². The molecule has 1 aromatic rings. The van der Waals surface area contributed by atoms with Gasteiger partial charge in [0.1, 0.15) is 6.04 Å².